The molecule has 0 spiro atoms. The van der Waals surface area contributed by atoms with E-state index < -0.39 is 18.1 Å². The normalized spacial score (nSPS) is 17.0. The first kappa shape index (κ1) is 18.1. The van der Waals surface area contributed by atoms with E-state index >= 15 is 0 Å². The quantitative estimate of drug-likeness (QED) is 0.892. The number of rotatable bonds is 4. The van der Waals surface area contributed by atoms with Crippen LogP contribution in [0.1, 0.15) is 12.5 Å². The van der Waals surface area contributed by atoms with Crippen molar-refractivity contribution >= 4 is 29.1 Å². The molecule has 136 valence electrons. The maximum absolute atomic E-state index is 13.0. The lowest BCUT2D eigenvalue weighted by Gasteiger charge is -2.34. The van der Waals surface area contributed by atoms with Crippen molar-refractivity contribution in [2.75, 3.05) is 11.4 Å². The number of anilines is 1. The number of amides is 2. The van der Waals surface area contributed by atoms with Crippen molar-refractivity contribution in [2.45, 2.75) is 26.1 Å². The van der Waals surface area contributed by atoms with Crippen LogP contribution in [0.2, 0.25) is 5.02 Å². The van der Waals surface area contributed by atoms with E-state index in [-0.39, 0.29) is 12.5 Å². The van der Waals surface area contributed by atoms with E-state index in [1.165, 1.54) is 4.90 Å². The smallest absolute Gasteiger partial charge is 0.268 e. The molecule has 1 aliphatic heterocycles. The molecular formula is C19H19ClN2O4. The summed E-state index contributed by atoms with van der Waals surface area (Å²) in [7, 11) is 0. The molecule has 6 nitrogen and oxygen atoms in total. The molecule has 0 bridgehead atoms. The zero-order valence-electron chi connectivity index (χ0n) is 14.4. The average molecular weight is 375 g/mol. The fourth-order valence-corrected chi connectivity index (χ4v) is 3.02. The lowest BCUT2D eigenvalue weighted by Crippen LogP contribution is -2.52. The maximum atomic E-state index is 13.0. The van der Waals surface area contributed by atoms with Gasteiger partial charge in [-0.05, 0) is 49.7 Å². The van der Waals surface area contributed by atoms with Gasteiger partial charge >= 0.3 is 0 Å². The molecule has 26 heavy (non-hydrogen) atoms. The monoisotopic (exact) mass is 374 g/mol. The Morgan fingerprint density at radius 3 is 2.73 bits per heavy atom. The molecular weight excluding hydrogens is 356 g/mol. The number of ether oxygens (including phenoxy) is 2. The van der Waals surface area contributed by atoms with Crippen LogP contribution in [0.5, 0.6) is 11.5 Å². The highest BCUT2D eigenvalue weighted by Crippen LogP contribution is 2.34. The number of fused-ring (bicyclic) bond motifs is 1. The van der Waals surface area contributed by atoms with Crippen molar-refractivity contribution < 1.29 is 19.1 Å². The van der Waals surface area contributed by atoms with Crippen molar-refractivity contribution in [1.82, 2.24) is 0 Å². The van der Waals surface area contributed by atoms with Crippen LogP contribution in [-0.2, 0) is 9.59 Å². The summed E-state index contributed by atoms with van der Waals surface area (Å²) in [6.45, 7) is 3.55. The van der Waals surface area contributed by atoms with Crippen molar-refractivity contribution in [3.05, 3.63) is 53.1 Å². The first-order valence-electron chi connectivity index (χ1n) is 8.16. The summed E-state index contributed by atoms with van der Waals surface area (Å²) in [5.41, 5.74) is 6.78. The molecule has 0 aliphatic carbocycles. The zero-order chi connectivity index (χ0) is 18.8. The second-order valence-electron chi connectivity index (χ2n) is 6.10. The van der Waals surface area contributed by atoms with Crippen LogP contribution in [0.4, 0.5) is 5.69 Å². The largest absolute Gasteiger partial charge is 0.481 e. The van der Waals surface area contributed by atoms with E-state index in [4.69, 9.17) is 26.8 Å². The van der Waals surface area contributed by atoms with E-state index in [9.17, 15) is 9.59 Å². The highest BCUT2D eigenvalue weighted by atomic mass is 35.5. The third-order valence-corrected chi connectivity index (χ3v) is 4.38. The highest BCUT2D eigenvalue weighted by molar-refractivity contribution is 6.30. The summed E-state index contributed by atoms with van der Waals surface area (Å²) < 4.78 is 11.4. The van der Waals surface area contributed by atoms with Gasteiger partial charge in [0.1, 0.15) is 11.5 Å². The molecule has 2 aromatic carbocycles. The first-order valence-corrected chi connectivity index (χ1v) is 8.54. The number of hydrogen-bond donors (Lipinski definition) is 1. The SMILES string of the molecule is Cc1cc(Cl)ccc1OC(C)C(=O)N1CC(C(N)=O)Oc2ccccc21. The second kappa shape index (κ2) is 7.25. The third kappa shape index (κ3) is 3.60. The van der Waals surface area contributed by atoms with Gasteiger partial charge in [0.25, 0.3) is 11.8 Å². The van der Waals surface area contributed by atoms with E-state index in [0.717, 1.165) is 5.56 Å². The second-order valence-corrected chi connectivity index (χ2v) is 6.53. The number of benzene rings is 2. The molecule has 0 aromatic heterocycles. The Balaban J connectivity index is 1.84. The van der Waals surface area contributed by atoms with Crippen LogP contribution in [-0.4, -0.2) is 30.6 Å². The molecule has 1 aliphatic rings. The van der Waals surface area contributed by atoms with Gasteiger partial charge in [-0.3, -0.25) is 9.59 Å². The van der Waals surface area contributed by atoms with Gasteiger partial charge in [0.05, 0.1) is 12.2 Å². The predicted molar refractivity (Wildman–Crippen MR) is 98.7 cm³/mol. The summed E-state index contributed by atoms with van der Waals surface area (Å²) in [5, 5.41) is 0.597. The number of para-hydroxylation sites is 2. The maximum Gasteiger partial charge on any atom is 0.268 e. The van der Waals surface area contributed by atoms with E-state index in [2.05, 4.69) is 0 Å². The van der Waals surface area contributed by atoms with Gasteiger partial charge in [-0.2, -0.15) is 0 Å². The average Bonchev–Trinajstić information content (AvgIpc) is 2.62. The third-order valence-electron chi connectivity index (χ3n) is 4.15. The van der Waals surface area contributed by atoms with Crippen LogP contribution in [0.3, 0.4) is 0 Å². The minimum Gasteiger partial charge on any atom is -0.481 e. The van der Waals surface area contributed by atoms with Gasteiger partial charge in [-0.15, -0.1) is 0 Å². The molecule has 0 saturated heterocycles. The number of aryl methyl sites for hydroxylation is 1. The molecule has 1 heterocycles. The number of halogens is 1. The standard InChI is InChI=1S/C19H19ClN2O4/c1-11-9-13(20)7-8-15(11)25-12(2)19(24)22-10-17(18(21)23)26-16-6-4-3-5-14(16)22/h3-9,12,17H,10H2,1-2H3,(H2,21,23). The summed E-state index contributed by atoms with van der Waals surface area (Å²) in [6.07, 6.45) is -1.67. The summed E-state index contributed by atoms with van der Waals surface area (Å²) in [6, 6.07) is 12.2. The lowest BCUT2D eigenvalue weighted by atomic mass is 10.1. The molecule has 2 unspecified atom stereocenters. The van der Waals surface area contributed by atoms with Crippen LogP contribution in [0, 0.1) is 6.92 Å². The molecule has 0 saturated carbocycles. The number of nitrogens with zero attached hydrogens (tertiary/aromatic N) is 1. The molecule has 3 rings (SSSR count). The van der Waals surface area contributed by atoms with Crippen LogP contribution in [0.25, 0.3) is 0 Å². The minimum atomic E-state index is -0.904. The molecule has 7 heteroatoms. The topological polar surface area (TPSA) is 81.9 Å². The van der Waals surface area contributed by atoms with E-state index in [1.54, 1.807) is 49.4 Å². The van der Waals surface area contributed by atoms with Gasteiger partial charge in [-0.25, -0.2) is 0 Å². The Hall–Kier alpha value is -2.73. The van der Waals surface area contributed by atoms with Crippen LogP contribution in [0.15, 0.2) is 42.5 Å². The molecule has 2 N–H and O–H groups in total. The van der Waals surface area contributed by atoms with Crippen LogP contribution >= 0.6 is 11.6 Å². The Morgan fingerprint density at radius 2 is 2.04 bits per heavy atom. The minimum absolute atomic E-state index is 0.0402. The fourth-order valence-electron chi connectivity index (χ4n) is 2.80. The Labute approximate surface area is 156 Å². The van der Waals surface area contributed by atoms with Crippen LogP contribution < -0.4 is 20.1 Å². The number of hydrogen-bond acceptors (Lipinski definition) is 4. The molecule has 0 radical (unpaired) electrons. The molecule has 2 atom stereocenters. The molecule has 2 amide bonds. The summed E-state index contributed by atoms with van der Waals surface area (Å²) in [4.78, 5) is 26.0. The van der Waals surface area contributed by atoms with E-state index in [1.807, 2.05) is 6.92 Å². The lowest BCUT2D eigenvalue weighted by molar-refractivity contribution is -0.127. The van der Waals surface area contributed by atoms with Crippen molar-refractivity contribution in [3.8, 4) is 11.5 Å². The Kier molecular flexibility index (Phi) is 5.04. The number of carbonyl (C=O) groups is 2. The van der Waals surface area contributed by atoms with Crippen molar-refractivity contribution in [3.63, 3.8) is 0 Å². The number of primary amides is 1. The summed E-state index contributed by atoms with van der Waals surface area (Å²) in [5.74, 6) is 0.0924. The predicted octanol–water partition coefficient (Wildman–Crippen LogP) is 2.70. The van der Waals surface area contributed by atoms with Gasteiger partial charge in [0.15, 0.2) is 12.2 Å². The van der Waals surface area contributed by atoms with Gasteiger partial charge < -0.3 is 20.1 Å². The van der Waals surface area contributed by atoms with Gasteiger partial charge in [-0.1, -0.05) is 23.7 Å². The molecule has 0 fully saturated rings. The zero-order valence-corrected chi connectivity index (χ0v) is 15.2. The van der Waals surface area contributed by atoms with Gasteiger partial charge in [0, 0.05) is 5.02 Å². The first-order chi connectivity index (χ1) is 12.4. The Bertz CT molecular complexity index is 855. The van der Waals surface area contributed by atoms with Gasteiger partial charge in [0.2, 0.25) is 0 Å². The van der Waals surface area contributed by atoms with Crippen molar-refractivity contribution in [1.29, 1.82) is 0 Å². The number of nitrogens with two attached hydrogens (primary N) is 1. The summed E-state index contributed by atoms with van der Waals surface area (Å²) >= 11 is 5.95. The molecule has 2 aromatic rings. The van der Waals surface area contributed by atoms with Crippen molar-refractivity contribution in [2.24, 2.45) is 5.73 Å². The highest BCUT2D eigenvalue weighted by Gasteiger charge is 2.35. The number of carbonyl (C=O) groups excluding carboxylic acids is 2. The fraction of sp³-hybridized carbons (Fsp3) is 0.263. The Morgan fingerprint density at radius 1 is 1.31 bits per heavy atom. The van der Waals surface area contributed by atoms with E-state index in [0.29, 0.717) is 22.2 Å².